The van der Waals surface area contributed by atoms with Crippen molar-refractivity contribution in [3.05, 3.63) is 0 Å². The van der Waals surface area contributed by atoms with Gasteiger partial charge in [0.2, 0.25) is 0 Å². The first-order chi connectivity index (χ1) is 8.49. The van der Waals surface area contributed by atoms with Crippen LogP contribution in [-0.4, -0.2) is 78.3 Å². The second-order valence-corrected chi connectivity index (χ2v) is 4.43. The number of hydrazine groups is 3. The first-order valence-corrected chi connectivity index (χ1v) is 6.02. The van der Waals surface area contributed by atoms with E-state index < -0.39 is 6.03 Å². The average Bonchev–Trinajstić information content (AvgIpc) is 2.31. The molecular formula is C9H24N8O. The van der Waals surface area contributed by atoms with Crippen LogP contribution in [0, 0.1) is 0 Å². The molecule has 9 heteroatoms. The zero-order valence-electron chi connectivity index (χ0n) is 10.7. The van der Waals surface area contributed by atoms with Crippen molar-refractivity contribution in [3.8, 4) is 0 Å². The molecule has 8 N–H and O–H groups in total. The summed E-state index contributed by atoms with van der Waals surface area (Å²) < 4.78 is 0. The largest absolute Gasteiger partial charge is 0.351 e. The highest BCUT2D eigenvalue weighted by Crippen LogP contribution is 1.93. The van der Waals surface area contributed by atoms with Crippen LogP contribution in [0.4, 0.5) is 4.79 Å². The van der Waals surface area contributed by atoms with Crippen LogP contribution in [0.1, 0.15) is 0 Å². The monoisotopic (exact) mass is 260 g/mol. The summed E-state index contributed by atoms with van der Waals surface area (Å²) in [4.78, 5) is 12.8. The van der Waals surface area contributed by atoms with Gasteiger partial charge in [-0.3, -0.25) is 17.5 Å². The van der Waals surface area contributed by atoms with Gasteiger partial charge in [0, 0.05) is 52.4 Å². The molecule has 1 rings (SSSR count). The molecule has 0 aromatic heterocycles. The van der Waals surface area contributed by atoms with Crippen LogP contribution in [0.5, 0.6) is 0 Å². The van der Waals surface area contributed by atoms with Crippen LogP contribution in [0.3, 0.4) is 0 Å². The highest BCUT2D eigenvalue weighted by atomic mass is 16.2. The van der Waals surface area contributed by atoms with Crippen molar-refractivity contribution < 1.29 is 4.79 Å². The van der Waals surface area contributed by atoms with E-state index in [4.69, 9.17) is 23.3 Å². The third-order valence-corrected chi connectivity index (χ3v) is 2.97. The van der Waals surface area contributed by atoms with Gasteiger partial charge in [-0.1, -0.05) is 0 Å². The van der Waals surface area contributed by atoms with Gasteiger partial charge in [0.05, 0.1) is 0 Å². The van der Waals surface area contributed by atoms with E-state index in [2.05, 4.69) is 0 Å². The molecule has 0 radical (unpaired) electrons. The number of hydrogen-bond donors (Lipinski definition) is 4. The Morgan fingerprint density at radius 1 is 0.667 bits per heavy atom. The predicted octanol–water partition coefficient (Wildman–Crippen LogP) is -3.09. The molecule has 0 spiro atoms. The minimum Gasteiger partial charge on any atom is -0.351 e. The number of nitrogens with two attached hydrogens (primary N) is 4. The molecule has 1 aliphatic rings. The van der Waals surface area contributed by atoms with Gasteiger partial charge in [0.15, 0.2) is 0 Å². The standard InChI is InChI=1S/C9H24N8O/c10-9(18)14-1-3-15(11)5-7-17(13)8-6-16(12)4-2-14/h1-8,11-13H2,(H2,10,18). The SMILES string of the molecule is NC(=O)N1CCN(N)CCN(N)CCN(N)CC1. The Kier molecular flexibility index (Phi) is 6.25. The lowest BCUT2D eigenvalue weighted by Crippen LogP contribution is -2.52. The number of carbonyl (C=O) groups excluding carboxylic acids is 1. The number of carbonyl (C=O) groups is 1. The van der Waals surface area contributed by atoms with Crippen LogP contribution in [-0.2, 0) is 0 Å². The number of rotatable bonds is 0. The summed E-state index contributed by atoms with van der Waals surface area (Å²) in [7, 11) is 0. The highest BCUT2D eigenvalue weighted by molar-refractivity contribution is 5.71. The van der Waals surface area contributed by atoms with Crippen LogP contribution >= 0.6 is 0 Å². The third-order valence-electron chi connectivity index (χ3n) is 2.97. The second-order valence-electron chi connectivity index (χ2n) is 4.43. The molecular weight excluding hydrogens is 236 g/mol. The molecule has 0 unspecified atom stereocenters. The smallest absolute Gasteiger partial charge is 0.314 e. The van der Waals surface area contributed by atoms with E-state index in [0.717, 1.165) is 0 Å². The number of nitrogens with zero attached hydrogens (tertiary/aromatic N) is 4. The van der Waals surface area contributed by atoms with Crippen LogP contribution in [0.15, 0.2) is 0 Å². The van der Waals surface area contributed by atoms with Crippen LogP contribution in [0.25, 0.3) is 0 Å². The number of hydrogen-bond acceptors (Lipinski definition) is 7. The Bertz CT molecular complexity index is 245. The van der Waals surface area contributed by atoms with E-state index in [1.165, 1.54) is 0 Å². The van der Waals surface area contributed by atoms with Crippen molar-refractivity contribution in [2.45, 2.75) is 0 Å². The molecule has 1 fully saturated rings. The molecule has 106 valence electrons. The summed E-state index contributed by atoms with van der Waals surface area (Å²) >= 11 is 0. The summed E-state index contributed by atoms with van der Waals surface area (Å²) in [5.74, 6) is 17.4. The Labute approximate surface area is 107 Å². The van der Waals surface area contributed by atoms with E-state index in [1.807, 2.05) is 0 Å². The lowest BCUT2D eigenvalue weighted by atomic mass is 10.4. The van der Waals surface area contributed by atoms with Crippen molar-refractivity contribution in [2.75, 3.05) is 52.4 Å². The molecule has 0 bridgehead atoms. The van der Waals surface area contributed by atoms with Crippen LogP contribution < -0.4 is 23.3 Å². The lowest BCUT2D eigenvalue weighted by Gasteiger charge is -2.29. The third kappa shape index (κ3) is 5.58. The van der Waals surface area contributed by atoms with E-state index >= 15 is 0 Å². The molecule has 0 atom stereocenters. The van der Waals surface area contributed by atoms with Gasteiger partial charge in [-0.05, 0) is 0 Å². The first-order valence-electron chi connectivity index (χ1n) is 6.02. The second kappa shape index (κ2) is 7.46. The van der Waals surface area contributed by atoms with Gasteiger partial charge in [-0.15, -0.1) is 0 Å². The summed E-state index contributed by atoms with van der Waals surface area (Å²) in [6.07, 6.45) is 0. The summed E-state index contributed by atoms with van der Waals surface area (Å²) in [5.41, 5.74) is 5.30. The molecule has 0 aliphatic carbocycles. The maximum atomic E-state index is 11.2. The van der Waals surface area contributed by atoms with E-state index in [0.29, 0.717) is 52.4 Å². The molecule has 0 aromatic carbocycles. The van der Waals surface area contributed by atoms with Crippen LogP contribution in [0.2, 0.25) is 0 Å². The van der Waals surface area contributed by atoms with Gasteiger partial charge in [-0.2, -0.15) is 0 Å². The first kappa shape index (κ1) is 15.1. The maximum absolute atomic E-state index is 11.2. The molecule has 1 aliphatic heterocycles. The molecule has 0 aromatic rings. The molecule has 1 heterocycles. The molecule has 18 heavy (non-hydrogen) atoms. The Balaban J connectivity index is 2.54. The van der Waals surface area contributed by atoms with E-state index in [1.54, 1.807) is 19.9 Å². The Hall–Kier alpha value is -0.970. The quantitative estimate of drug-likeness (QED) is 0.339. The maximum Gasteiger partial charge on any atom is 0.314 e. The summed E-state index contributed by atoms with van der Waals surface area (Å²) in [6.45, 7) is 4.67. The molecule has 1 saturated heterocycles. The Morgan fingerprint density at radius 3 is 1.22 bits per heavy atom. The fraction of sp³-hybridized carbons (Fsp3) is 0.889. The average molecular weight is 260 g/mol. The fourth-order valence-corrected chi connectivity index (χ4v) is 1.68. The lowest BCUT2D eigenvalue weighted by molar-refractivity contribution is 0.141. The zero-order valence-corrected chi connectivity index (χ0v) is 10.7. The molecule has 2 amide bonds. The highest BCUT2D eigenvalue weighted by Gasteiger charge is 2.14. The van der Waals surface area contributed by atoms with Crippen molar-refractivity contribution in [1.82, 2.24) is 19.9 Å². The van der Waals surface area contributed by atoms with Gasteiger partial charge in [-0.25, -0.2) is 19.8 Å². The number of urea groups is 1. The summed E-state index contributed by atoms with van der Waals surface area (Å²) in [6, 6.07) is -0.450. The van der Waals surface area contributed by atoms with E-state index in [9.17, 15) is 4.79 Å². The summed E-state index contributed by atoms with van der Waals surface area (Å²) in [5, 5.41) is 4.96. The minimum absolute atomic E-state index is 0.450. The molecule has 0 saturated carbocycles. The molecule has 9 nitrogen and oxygen atoms in total. The normalized spacial score (nSPS) is 23.4. The zero-order chi connectivity index (χ0) is 13.5. The van der Waals surface area contributed by atoms with Crippen molar-refractivity contribution in [1.29, 1.82) is 0 Å². The Morgan fingerprint density at radius 2 is 0.944 bits per heavy atom. The van der Waals surface area contributed by atoms with Gasteiger partial charge < -0.3 is 10.6 Å². The minimum atomic E-state index is -0.450. The topological polar surface area (TPSA) is 134 Å². The van der Waals surface area contributed by atoms with Crippen molar-refractivity contribution in [2.24, 2.45) is 23.3 Å². The number of primary amides is 1. The number of amides is 2. The van der Waals surface area contributed by atoms with Gasteiger partial charge in [0.25, 0.3) is 0 Å². The van der Waals surface area contributed by atoms with E-state index in [-0.39, 0.29) is 0 Å². The van der Waals surface area contributed by atoms with Crippen molar-refractivity contribution in [3.63, 3.8) is 0 Å². The van der Waals surface area contributed by atoms with Gasteiger partial charge >= 0.3 is 6.03 Å². The van der Waals surface area contributed by atoms with Gasteiger partial charge in [0.1, 0.15) is 0 Å². The fourth-order valence-electron chi connectivity index (χ4n) is 1.68. The predicted molar refractivity (Wildman–Crippen MR) is 68.4 cm³/mol. The van der Waals surface area contributed by atoms with Crippen molar-refractivity contribution >= 4 is 6.03 Å².